The normalized spacial score (nSPS) is 12.1. The smallest absolute Gasteiger partial charge is 0.149 e. The molecule has 2 heteroatoms. The maximum atomic E-state index is 10.9. The Morgan fingerprint density at radius 1 is 1.70 bits per heavy atom. The van der Waals surface area contributed by atoms with Gasteiger partial charge in [-0.25, -0.2) is 0 Å². The van der Waals surface area contributed by atoms with E-state index in [4.69, 9.17) is 5.26 Å². The summed E-state index contributed by atoms with van der Waals surface area (Å²) in [5.41, 5.74) is 0. The minimum Gasteiger partial charge on any atom is -0.298 e. The minimum absolute atomic E-state index is 0.0706. The van der Waals surface area contributed by atoms with E-state index in [0.29, 0.717) is 0 Å². The van der Waals surface area contributed by atoms with Gasteiger partial charge in [0.2, 0.25) is 0 Å². The Bertz CT molecular complexity index is 146. The van der Waals surface area contributed by atoms with Gasteiger partial charge in [-0.05, 0) is 6.42 Å². The first-order valence-corrected chi connectivity index (χ1v) is 3.62. The predicted molar refractivity (Wildman–Crippen MR) is 39.3 cm³/mol. The molecule has 0 heterocycles. The van der Waals surface area contributed by atoms with Gasteiger partial charge in [-0.15, -0.1) is 0 Å². The van der Waals surface area contributed by atoms with Gasteiger partial charge in [0.05, 0.1) is 12.5 Å². The molecule has 0 bridgehead atoms. The lowest BCUT2D eigenvalue weighted by Gasteiger charge is -2.03. The number of ketones is 1. The molecule has 0 unspecified atom stereocenters. The van der Waals surface area contributed by atoms with E-state index in [0.717, 1.165) is 12.8 Å². The third-order valence-corrected chi connectivity index (χ3v) is 1.52. The van der Waals surface area contributed by atoms with Crippen molar-refractivity contribution in [3.8, 4) is 6.07 Å². The first-order chi connectivity index (χ1) is 4.72. The van der Waals surface area contributed by atoms with Crippen LogP contribution in [-0.4, -0.2) is 5.78 Å². The van der Waals surface area contributed by atoms with Crippen LogP contribution in [0.5, 0.6) is 0 Å². The van der Waals surface area contributed by atoms with E-state index in [9.17, 15) is 4.79 Å². The molecule has 0 aromatic rings. The highest BCUT2D eigenvalue weighted by atomic mass is 16.1. The topological polar surface area (TPSA) is 40.9 Å². The zero-order chi connectivity index (χ0) is 7.98. The Kier molecular flexibility index (Phi) is 4.57. The van der Waals surface area contributed by atoms with E-state index in [1.807, 2.05) is 19.9 Å². The molecule has 0 spiro atoms. The summed E-state index contributed by atoms with van der Waals surface area (Å²) in [5.74, 6) is 0.147. The van der Waals surface area contributed by atoms with Gasteiger partial charge < -0.3 is 0 Å². The van der Waals surface area contributed by atoms with E-state index in [1.54, 1.807) is 0 Å². The van der Waals surface area contributed by atoms with E-state index >= 15 is 0 Å². The molecule has 0 N–H and O–H groups in total. The average Bonchev–Trinajstić information content (AvgIpc) is 1.89. The lowest BCUT2D eigenvalue weighted by atomic mass is 9.99. The van der Waals surface area contributed by atoms with Crippen LogP contribution in [0.25, 0.3) is 0 Å². The first-order valence-electron chi connectivity index (χ1n) is 3.62. The van der Waals surface area contributed by atoms with Gasteiger partial charge in [-0.3, -0.25) is 4.79 Å². The van der Waals surface area contributed by atoms with Crippen LogP contribution >= 0.6 is 0 Å². The Balaban J connectivity index is 3.62. The second-order valence-corrected chi connectivity index (χ2v) is 2.49. The summed E-state index contributed by atoms with van der Waals surface area (Å²) in [5, 5.41) is 8.18. The summed E-state index contributed by atoms with van der Waals surface area (Å²) in [6.07, 6.45) is 1.99. The van der Waals surface area contributed by atoms with Crippen LogP contribution in [0.15, 0.2) is 0 Å². The largest absolute Gasteiger partial charge is 0.298 e. The summed E-state index contributed by atoms with van der Waals surface area (Å²) >= 11 is 0. The lowest BCUT2D eigenvalue weighted by molar-refractivity contribution is -0.121. The van der Waals surface area contributed by atoms with Crippen LogP contribution in [0.1, 0.15) is 33.1 Å². The van der Waals surface area contributed by atoms with Gasteiger partial charge in [-0.1, -0.05) is 20.3 Å². The number of carbonyl (C=O) groups is 1. The number of rotatable bonds is 4. The standard InChI is InChI=1S/C8H13NO/c1-3-4-7(2)8(10)5-6-9/h7H,3-5H2,1-2H3/t7-/m0/s1. The van der Waals surface area contributed by atoms with Crippen molar-refractivity contribution in [1.82, 2.24) is 0 Å². The Morgan fingerprint density at radius 2 is 2.30 bits per heavy atom. The highest BCUT2D eigenvalue weighted by Crippen LogP contribution is 2.07. The fourth-order valence-electron chi connectivity index (χ4n) is 0.846. The highest BCUT2D eigenvalue weighted by Gasteiger charge is 2.09. The van der Waals surface area contributed by atoms with Crippen LogP contribution in [0.4, 0.5) is 0 Å². The van der Waals surface area contributed by atoms with Gasteiger partial charge in [-0.2, -0.15) is 5.26 Å². The number of nitriles is 1. The molecule has 0 saturated carbocycles. The van der Waals surface area contributed by atoms with Gasteiger partial charge in [0.1, 0.15) is 5.78 Å². The first kappa shape index (κ1) is 9.16. The van der Waals surface area contributed by atoms with Crippen molar-refractivity contribution in [2.24, 2.45) is 5.92 Å². The minimum atomic E-state index is 0.0706. The van der Waals surface area contributed by atoms with Crippen LogP contribution in [0.2, 0.25) is 0 Å². The molecule has 0 aliphatic rings. The molecule has 0 aliphatic heterocycles. The zero-order valence-corrected chi connectivity index (χ0v) is 6.55. The number of Topliss-reactive ketones (excluding diaryl/α,β-unsaturated/α-hetero) is 1. The van der Waals surface area contributed by atoms with Gasteiger partial charge in [0.25, 0.3) is 0 Å². The van der Waals surface area contributed by atoms with Crippen molar-refractivity contribution in [2.45, 2.75) is 33.1 Å². The van der Waals surface area contributed by atoms with Crippen molar-refractivity contribution in [3.05, 3.63) is 0 Å². The van der Waals surface area contributed by atoms with E-state index in [-0.39, 0.29) is 18.1 Å². The molecule has 0 radical (unpaired) electrons. The summed E-state index contributed by atoms with van der Waals surface area (Å²) in [6.45, 7) is 3.92. The SMILES string of the molecule is CCC[C@H](C)C(=O)CC#N. The quantitative estimate of drug-likeness (QED) is 0.597. The third-order valence-electron chi connectivity index (χ3n) is 1.52. The molecule has 0 fully saturated rings. The zero-order valence-electron chi connectivity index (χ0n) is 6.55. The van der Waals surface area contributed by atoms with E-state index < -0.39 is 0 Å². The van der Waals surface area contributed by atoms with Gasteiger partial charge in [0.15, 0.2) is 0 Å². The van der Waals surface area contributed by atoms with Crippen molar-refractivity contribution < 1.29 is 4.79 Å². The Labute approximate surface area is 61.8 Å². The molecule has 0 aromatic heterocycles. The number of hydrogen-bond donors (Lipinski definition) is 0. The molecule has 0 aliphatic carbocycles. The van der Waals surface area contributed by atoms with Crippen LogP contribution in [-0.2, 0) is 4.79 Å². The molecule has 1 atom stereocenters. The predicted octanol–water partition coefficient (Wildman–Crippen LogP) is 1.91. The van der Waals surface area contributed by atoms with Gasteiger partial charge >= 0.3 is 0 Å². The fraction of sp³-hybridized carbons (Fsp3) is 0.750. The second kappa shape index (κ2) is 4.99. The van der Waals surface area contributed by atoms with Gasteiger partial charge in [0, 0.05) is 5.92 Å². The molecular weight excluding hydrogens is 126 g/mol. The number of hydrogen-bond acceptors (Lipinski definition) is 2. The highest BCUT2D eigenvalue weighted by molar-refractivity contribution is 5.82. The Morgan fingerprint density at radius 3 is 2.70 bits per heavy atom. The molecule has 56 valence electrons. The van der Waals surface area contributed by atoms with E-state index in [2.05, 4.69) is 0 Å². The summed E-state index contributed by atoms with van der Waals surface area (Å²) in [7, 11) is 0. The third kappa shape index (κ3) is 3.24. The summed E-state index contributed by atoms with van der Waals surface area (Å²) in [6, 6.07) is 1.86. The fourth-order valence-corrected chi connectivity index (χ4v) is 0.846. The van der Waals surface area contributed by atoms with E-state index in [1.165, 1.54) is 0 Å². The monoisotopic (exact) mass is 139 g/mol. The molecule has 0 saturated heterocycles. The lowest BCUT2D eigenvalue weighted by Crippen LogP contribution is -2.08. The Hall–Kier alpha value is -0.840. The maximum Gasteiger partial charge on any atom is 0.149 e. The van der Waals surface area contributed by atoms with Crippen molar-refractivity contribution in [2.75, 3.05) is 0 Å². The van der Waals surface area contributed by atoms with Crippen molar-refractivity contribution in [3.63, 3.8) is 0 Å². The molecule has 10 heavy (non-hydrogen) atoms. The average molecular weight is 139 g/mol. The van der Waals surface area contributed by atoms with Crippen molar-refractivity contribution >= 4 is 5.78 Å². The molecule has 0 aromatic carbocycles. The van der Waals surface area contributed by atoms with Crippen LogP contribution in [0, 0.1) is 17.2 Å². The molecular formula is C8H13NO. The molecule has 0 amide bonds. The number of carbonyl (C=O) groups excluding carboxylic acids is 1. The second-order valence-electron chi connectivity index (χ2n) is 2.49. The van der Waals surface area contributed by atoms with Crippen LogP contribution in [0.3, 0.4) is 0 Å². The van der Waals surface area contributed by atoms with Crippen LogP contribution < -0.4 is 0 Å². The van der Waals surface area contributed by atoms with Crippen molar-refractivity contribution in [1.29, 1.82) is 5.26 Å². The molecule has 2 nitrogen and oxygen atoms in total. The number of nitrogens with zero attached hydrogens (tertiary/aromatic N) is 1. The maximum absolute atomic E-state index is 10.9. The molecule has 0 rings (SSSR count). The summed E-state index contributed by atoms with van der Waals surface area (Å²) < 4.78 is 0. The summed E-state index contributed by atoms with van der Waals surface area (Å²) in [4.78, 5) is 10.9.